The number of carbonyl (C=O) groups excluding carboxylic acids is 2. The Kier molecular flexibility index (Phi) is 38.4. The van der Waals surface area contributed by atoms with E-state index >= 15 is 0 Å². The lowest BCUT2D eigenvalue weighted by Crippen LogP contribution is -2.60. The minimum Gasteiger partial charge on any atom is -0.466 e. The molecule has 1 rings (SSSR count). The molecule has 1 aliphatic heterocycles. The van der Waals surface area contributed by atoms with Crippen LogP contribution in [0.3, 0.4) is 0 Å². The van der Waals surface area contributed by atoms with Crippen molar-refractivity contribution in [3.05, 3.63) is 48.6 Å². The molecule has 0 aromatic heterocycles. The fourth-order valence-electron chi connectivity index (χ4n) is 7.35. The third-order valence-corrected chi connectivity index (χ3v) is 11.4. The monoisotopic (exact) mass is 878 g/mol. The quantitative estimate of drug-likeness (QED) is 0.0197. The highest BCUT2D eigenvalue weighted by Crippen LogP contribution is 2.22. The molecule has 1 amide bonds. The first-order valence-corrected chi connectivity index (χ1v) is 24.9. The van der Waals surface area contributed by atoms with E-state index in [2.05, 4.69) is 55.6 Å². The van der Waals surface area contributed by atoms with Crippen LogP contribution in [0.5, 0.6) is 0 Å². The molecule has 1 aliphatic rings. The summed E-state index contributed by atoms with van der Waals surface area (Å²) in [7, 11) is 0. The summed E-state index contributed by atoms with van der Waals surface area (Å²) in [5.74, 6) is -0.276. The SMILES string of the molecule is CCC/C=C/CC/C=C/CC/C=C/C(O)C(COC1OC(CO)C(O)C(O)C1O)NC(=O)CCCCCCC/C=C\CCCCCOC(=O)CCCCCCCCCCCCC. The van der Waals surface area contributed by atoms with Gasteiger partial charge in [0.2, 0.25) is 5.91 Å². The van der Waals surface area contributed by atoms with Gasteiger partial charge in [0.25, 0.3) is 0 Å². The molecule has 1 heterocycles. The van der Waals surface area contributed by atoms with Crippen LogP contribution in [0, 0.1) is 0 Å². The minimum atomic E-state index is -1.59. The van der Waals surface area contributed by atoms with Gasteiger partial charge in [0.15, 0.2) is 6.29 Å². The summed E-state index contributed by atoms with van der Waals surface area (Å²) >= 11 is 0. The van der Waals surface area contributed by atoms with Crippen LogP contribution in [-0.2, 0) is 23.8 Å². The van der Waals surface area contributed by atoms with E-state index in [1.54, 1.807) is 6.08 Å². The summed E-state index contributed by atoms with van der Waals surface area (Å²) in [5, 5.41) is 54.1. The van der Waals surface area contributed by atoms with E-state index in [0.29, 0.717) is 32.3 Å². The number of unbranched alkanes of at least 4 members (excludes halogenated alkanes) is 21. The van der Waals surface area contributed by atoms with E-state index in [1.165, 1.54) is 57.8 Å². The first kappa shape index (κ1) is 57.6. The lowest BCUT2D eigenvalue weighted by atomic mass is 9.99. The predicted octanol–water partition coefficient (Wildman–Crippen LogP) is 9.77. The maximum atomic E-state index is 12.9. The van der Waals surface area contributed by atoms with Gasteiger partial charge in [0.05, 0.1) is 32.0 Å². The van der Waals surface area contributed by atoms with E-state index in [9.17, 15) is 35.1 Å². The number of rotatable bonds is 41. The maximum Gasteiger partial charge on any atom is 0.305 e. The van der Waals surface area contributed by atoms with Crippen molar-refractivity contribution >= 4 is 11.9 Å². The Bertz CT molecular complexity index is 1170. The van der Waals surface area contributed by atoms with Crippen LogP contribution in [0.15, 0.2) is 48.6 Å². The molecule has 1 fully saturated rings. The van der Waals surface area contributed by atoms with E-state index < -0.39 is 49.5 Å². The van der Waals surface area contributed by atoms with Crippen molar-refractivity contribution in [3.8, 4) is 0 Å². The number of esters is 1. The summed E-state index contributed by atoms with van der Waals surface area (Å²) in [6.07, 6.45) is 39.1. The highest BCUT2D eigenvalue weighted by atomic mass is 16.7. The number of nitrogens with one attached hydrogen (secondary N) is 1. The molecule has 6 N–H and O–H groups in total. The first-order valence-electron chi connectivity index (χ1n) is 24.9. The molecular weight excluding hydrogens is 787 g/mol. The van der Waals surface area contributed by atoms with Gasteiger partial charge in [-0.15, -0.1) is 0 Å². The van der Waals surface area contributed by atoms with Gasteiger partial charge in [-0.3, -0.25) is 9.59 Å². The molecule has 0 saturated carbocycles. The lowest BCUT2D eigenvalue weighted by Gasteiger charge is -2.40. The van der Waals surface area contributed by atoms with E-state index in [4.69, 9.17) is 14.2 Å². The van der Waals surface area contributed by atoms with Crippen molar-refractivity contribution in [1.29, 1.82) is 0 Å². The molecule has 11 nitrogen and oxygen atoms in total. The molecule has 0 aromatic carbocycles. The Labute approximate surface area is 376 Å². The van der Waals surface area contributed by atoms with Crippen LogP contribution in [0.4, 0.5) is 0 Å². The Morgan fingerprint density at radius 2 is 1.08 bits per heavy atom. The van der Waals surface area contributed by atoms with Crippen LogP contribution in [-0.4, -0.2) is 100 Å². The summed E-state index contributed by atoms with van der Waals surface area (Å²) in [6, 6.07) is -0.852. The van der Waals surface area contributed by atoms with Crippen molar-refractivity contribution in [1.82, 2.24) is 5.32 Å². The maximum absolute atomic E-state index is 12.9. The largest absolute Gasteiger partial charge is 0.466 e. The summed E-state index contributed by atoms with van der Waals surface area (Å²) < 4.78 is 16.6. The van der Waals surface area contributed by atoms with Gasteiger partial charge in [-0.1, -0.05) is 152 Å². The smallest absolute Gasteiger partial charge is 0.305 e. The third kappa shape index (κ3) is 31.5. The Hall–Kier alpha value is -2.38. The van der Waals surface area contributed by atoms with Gasteiger partial charge >= 0.3 is 5.97 Å². The molecular formula is C51H91NO10. The number of aliphatic hydroxyl groups is 5. The molecule has 11 heteroatoms. The average Bonchev–Trinajstić information content (AvgIpc) is 3.27. The standard InChI is InChI=1S/C51H91NO10/c1-3-5-7-9-11-13-17-21-25-29-33-37-44(54)43(42-61-51-50(59)49(58)48(57)45(41-53)62-51)52-46(55)38-34-30-26-22-19-15-16-20-24-28-32-36-40-60-47(56)39-35-31-27-23-18-14-12-10-8-6-4-2/h7,9,16-17,20-21,33,37,43-45,48-51,53-54,57-59H,3-6,8,10-15,18-19,22-32,34-36,38-42H2,1-2H3,(H,52,55)/b9-7+,20-16-,21-17+,37-33+. The summed E-state index contributed by atoms with van der Waals surface area (Å²) in [6.45, 7) is 4.13. The highest BCUT2D eigenvalue weighted by molar-refractivity contribution is 5.76. The fourth-order valence-corrected chi connectivity index (χ4v) is 7.35. The third-order valence-electron chi connectivity index (χ3n) is 11.4. The Morgan fingerprint density at radius 3 is 1.66 bits per heavy atom. The second-order valence-electron chi connectivity index (χ2n) is 17.1. The van der Waals surface area contributed by atoms with Gasteiger partial charge in [-0.05, 0) is 83.5 Å². The zero-order valence-corrected chi connectivity index (χ0v) is 39.1. The van der Waals surface area contributed by atoms with Crippen LogP contribution >= 0.6 is 0 Å². The lowest BCUT2D eigenvalue weighted by molar-refractivity contribution is -0.302. The molecule has 7 unspecified atom stereocenters. The van der Waals surface area contributed by atoms with Crippen molar-refractivity contribution in [3.63, 3.8) is 0 Å². The minimum absolute atomic E-state index is 0.0503. The number of amides is 1. The second-order valence-corrected chi connectivity index (χ2v) is 17.1. The number of allylic oxidation sites excluding steroid dienone is 7. The van der Waals surface area contributed by atoms with Gasteiger partial charge in [-0.25, -0.2) is 0 Å². The fraction of sp³-hybridized carbons (Fsp3) is 0.804. The zero-order chi connectivity index (χ0) is 45.3. The molecule has 0 aromatic rings. The van der Waals surface area contributed by atoms with Crippen molar-refractivity contribution in [2.24, 2.45) is 0 Å². The normalized spacial score (nSPS) is 20.5. The second kappa shape index (κ2) is 41.3. The molecule has 0 bridgehead atoms. The number of hydrogen-bond donors (Lipinski definition) is 6. The van der Waals surface area contributed by atoms with Gasteiger partial charge in [-0.2, -0.15) is 0 Å². The van der Waals surface area contributed by atoms with E-state index in [1.807, 2.05) is 6.08 Å². The molecule has 62 heavy (non-hydrogen) atoms. The van der Waals surface area contributed by atoms with Crippen LogP contribution in [0.1, 0.15) is 200 Å². The van der Waals surface area contributed by atoms with E-state index in [-0.39, 0.29) is 18.5 Å². The topological polar surface area (TPSA) is 175 Å². The van der Waals surface area contributed by atoms with Gasteiger partial charge in [0.1, 0.15) is 24.4 Å². The van der Waals surface area contributed by atoms with Crippen molar-refractivity contribution in [2.75, 3.05) is 19.8 Å². The van der Waals surface area contributed by atoms with E-state index in [0.717, 1.165) is 103 Å². The summed E-state index contributed by atoms with van der Waals surface area (Å²) in [4.78, 5) is 25.0. The number of aliphatic hydroxyl groups excluding tert-OH is 5. The number of ether oxygens (including phenoxy) is 3. The first-order chi connectivity index (χ1) is 30.2. The van der Waals surface area contributed by atoms with Crippen LogP contribution in [0.25, 0.3) is 0 Å². The van der Waals surface area contributed by atoms with Gasteiger partial charge < -0.3 is 45.1 Å². The highest BCUT2D eigenvalue weighted by Gasteiger charge is 2.44. The number of hydrogen-bond acceptors (Lipinski definition) is 10. The van der Waals surface area contributed by atoms with Crippen LogP contribution in [0.2, 0.25) is 0 Å². The Morgan fingerprint density at radius 1 is 0.581 bits per heavy atom. The molecule has 0 radical (unpaired) electrons. The predicted molar refractivity (Wildman–Crippen MR) is 250 cm³/mol. The molecule has 1 saturated heterocycles. The van der Waals surface area contributed by atoms with Gasteiger partial charge in [0, 0.05) is 12.8 Å². The molecule has 0 spiro atoms. The average molecular weight is 878 g/mol. The molecule has 360 valence electrons. The zero-order valence-electron chi connectivity index (χ0n) is 39.1. The van der Waals surface area contributed by atoms with Crippen molar-refractivity contribution < 1.29 is 49.3 Å². The summed E-state index contributed by atoms with van der Waals surface area (Å²) in [5.41, 5.74) is 0. The number of carbonyl (C=O) groups is 2. The molecule has 0 aliphatic carbocycles. The molecule has 7 atom stereocenters. The Balaban J connectivity index is 2.24. The van der Waals surface area contributed by atoms with Crippen LogP contribution < -0.4 is 5.32 Å². The van der Waals surface area contributed by atoms with Crippen molar-refractivity contribution in [2.45, 2.75) is 243 Å².